The molecule has 0 atom stereocenters. The summed E-state index contributed by atoms with van der Waals surface area (Å²) in [6.45, 7) is 4.41. The Morgan fingerprint density at radius 1 is 1.42 bits per heavy atom. The molecule has 0 amide bonds. The van der Waals surface area contributed by atoms with Crippen LogP contribution in [-0.4, -0.2) is 7.05 Å². The number of hydrogen-bond acceptors (Lipinski definition) is 2. The molecule has 1 aliphatic carbocycles. The summed E-state index contributed by atoms with van der Waals surface area (Å²) in [4.78, 5) is 2.92. The largest absolute Gasteiger partial charge is 0.310 e. The molecular formula is C10H15NS. The highest BCUT2D eigenvalue weighted by atomic mass is 32.1. The molecule has 1 fully saturated rings. The lowest BCUT2D eigenvalue weighted by Crippen LogP contribution is -2.24. The summed E-state index contributed by atoms with van der Waals surface area (Å²) in [5.41, 5.74) is 1.89. The molecule has 2 rings (SSSR count). The van der Waals surface area contributed by atoms with Gasteiger partial charge in [-0.25, -0.2) is 0 Å². The molecule has 0 radical (unpaired) electrons. The van der Waals surface area contributed by atoms with Gasteiger partial charge in [-0.15, -0.1) is 11.3 Å². The molecule has 0 aromatic carbocycles. The topological polar surface area (TPSA) is 12.0 Å². The van der Waals surface area contributed by atoms with E-state index >= 15 is 0 Å². The molecule has 1 heterocycles. The van der Waals surface area contributed by atoms with Crippen LogP contribution in [0.1, 0.15) is 28.2 Å². The second kappa shape index (κ2) is 2.57. The smallest absolute Gasteiger partial charge is 0.0444 e. The van der Waals surface area contributed by atoms with Crippen LogP contribution in [0, 0.1) is 13.8 Å². The Balaban J connectivity index is 2.39. The van der Waals surface area contributed by atoms with Crippen LogP contribution in [0.2, 0.25) is 0 Å². The van der Waals surface area contributed by atoms with Gasteiger partial charge in [0, 0.05) is 15.3 Å². The lowest BCUT2D eigenvalue weighted by atomic mass is 10.1. The van der Waals surface area contributed by atoms with Crippen LogP contribution in [0.15, 0.2) is 6.07 Å². The van der Waals surface area contributed by atoms with E-state index in [4.69, 9.17) is 0 Å². The summed E-state index contributed by atoms with van der Waals surface area (Å²) in [7, 11) is 2.07. The zero-order valence-corrected chi connectivity index (χ0v) is 8.72. The van der Waals surface area contributed by atoms with E-state index < -0.39 is 0 Å². The van der Waals surface area contributed by atoms with Crippen molar-refractivity contribution in [2.45, 2.75) is 32.2 Å². The summed E-state index contributed by atoms with van der Waals surface area (Å²) in [6.07, 6.45) is 2.61. The van der Waals surface area contributed by atoms with E-state index in [-0.39, 0.29) is 0 Å². The van der Waals surface area contributed by atoms with Crippen molar-refractivity contribution in [3.63, 3.8) is 0 Å². The minimum absolute atomic E-state index is 0.356. The third-order valence-electron chi connectivity index (χ3n) is 2.79. The van der Waals surface area contributed by atoms with E-state index in [9.17, 15) is 0 Å². The zero-order chi connectivity index (χ0) is 8.77. The van der Waals surface area contributed by atoms with E-state index in [1.54, 1.807) is 0 Å². The van der Waals surface area contributed by atoms with E-state index in [1.165, 1.54) is 28.2 Å². The van der Waals surface area contributed by atoms with E-state index in [1.807, 2.05) is 11.3 Å². The maximum atomic E-state index is 3.43. The van der Waals surface area contributed by atoms with E-state index in [0.717, 1.165) is 0 Å². The van der Waals surface area contributed by atoms with Gasteiger partial charge >= 0.3 is 0 Å². The van der Waals surface area contributed by atoms with Crippen LogP contribution in [0.5, 0.6) is 0 Å². The summed E-state index contributed by atoms with van der Waals surface area (Å²) >= 11 is 1.91. The Hall–Kier alpha value is -0.340. The third-order valence-corrected chi connectivity index (χ3v) is 3.75. The summed E-state index contributed by atoms with van der Waals surface area (Å²) in [5, 5.41) is 3.43. The summed E-state index contributed by atoms with van der Waals surface area (Å²) < 4.78 is 0. The van der Waals surface area contributed by atoms with Crippen LogP contribution in [0.25, 0.3) is 0 Å². The molecule has 66 valence electrons. The second-order valence-corrected chi connectivity index (χ2v) is 5.12. The predicted molar refractivity (Wildman–Crippen MR) is 53.8 cm³/mol. The minimum atomic E-state index is 0.356. The first-order valence-corrected chi connectivity index (χ1v) is 5.26. The van der Waals surface area contributed by atoms with Crippen LogP contribution >= 0.6 is 11.3 Å². The molecule has 1 aromatic rings. The van der Waals surface area contributed by atoms with Crippen molar-refractivity contribution in [2.24, 2.45) is 0 Å². The Kier molecular flexibility index (Phi) is 1.77. The molecule has 2 heteroatoms. The van der Waals surface area contributed by atoms with Gasteiger partial charge in [-0.1, -0.05) is 0 Å². The minimum Gasteiger partial charge on any atom is -0.310 e. The predicted octanol–water partition coefficient (Wildman–Crippen LogP) is 2.57. The first kappa shape index (κ1) is 8.27. The lowest BCUT2D eigenvalue weighted by Gasteiger charge is -2.13. The van der Waals surface area contributed by atoms with Gasteiger partial charge < -0.3 is 5.32 Å². The van der Waals surface area contributed by atoms with Crippen molar-refractivity contribution in [1.82, 2.24) is 5.32 Å². The summed E-state index contributed by atoms with van der Waals surface area (Å²) in [6, 6.07) is 2.34. The van der Waals surface area contributed by atoms with Crippen LogP contribution in [0.4, 0.5) is 0 Å². The SMILES string of the molecule is CNC1(c2cc(C)sc2C)CC1. The number of rotatable bonds is 2. The molecule has 1 saturated carbocycles. The second-order valence-electron chi connectivity index (χ2n) is 3.66. The molecule has 1 aliphatic rings. The van der Waals surface area contributed by atoms with Crippen molar-refractivity contribution in [3.8, 4) is 0 Å². The van der Waals surface area contributed by atoms with Crippen LogP contribution < -0.4 is 5.32 Å². The first-order valence-electron chi connectivity index (χ1n) is 4.44. The lowest BCUT2D eigenvalue weighted by molar-refractivity contribution is 0.585. The fourth-order valence-corrected chi connectivity index (χ4v) is 2.91. The van der Waals surface area contributed by atoms with Gasteiger partial charge in [0.2, 0.25) is 0 Å². The number of thiophene rings is 1. The van der Waals surface area contributed by atoms with Gasteiger partial charge in [-0.05, 0) is 45.4 Å². The number of aryl methyl sites for hydroxylation is 2. The number of nitrogens with one attached hydrogen (secondary N) is 1. The normalized spacial score (nSPS) is 19.6. The monoisotopic (exact) mass is 181 g/mol. The van der Waals surface area contributed by atoms with Crippen LogP contribution in [-0.2, 0) is 5.54 Å². The fraction of sp³-hybridized carbons (Fsp3) is 0.600. The fourth-order valence-electron chi connectivity index (χ4n) is 1.88. The Bertz CT molecular complexity index is 297. The van der Waals surface area contributed by atoms with Gasteiger partial charge in [0.05, 0.1) is 0 Å². The third kappa shape index (κ3) is 1.10. The van der Waals surface area contributed by atoms with Gasteiger partial charge in [-0.2, -0.15) is 0 Å². The molecule has 1 aromatic heterocycles. The van der Waals surface area contributed by atoms with E-state index in [2.05, 4.69) is 32.3 Å². The standard InChI is InChI=1S/C10H15NS/c1-7-6-9(8(2)12-7)10(11-3)4-5-10/h6,11H,4-5H2,1-3H3. The first-order chi connectivity index (χ1) is 5.68. The highest BCUT2D eigenvalue weighted by Gasteiger charge is 2.44. The molecule has 0 saturated heterocycles. The summed E-state index contributed by atoms with van der Waals surface area (Å²) in [5.74, 6) is 0. The molecule has 0 bridgehead atoms. The van der Waals surface area contributed by atoms with Gasteiger partial charge in [0.1, 0.15) is 0 Å². The molecule has 12 heavy (non-hydrogen) atoms. The van der Waals surface area contributed by atoms with Crippen molar-refractivity contribution in [1.29, 1.82) is 0 Å². The molecular weight excluding hydrogens is 166 g/mol. The molecule has 0 aliphatic heterocycles. The van der Waals surface area contributed by atoms with Gasteiger partial charge in [0.25, 0.3) is 0 Å². The number of hydrogen-bond donors (Lipinski definition) is 1. The van der Waals surface area contributed by atoms with Gasteiger partial charge in [-0.3, -0.25) is 0 Å². The van der Waals surface area contributed by atoms with Gasteiger partial charge in [0.15, 0.2) is 0 Å². The Labute approximate surface area is 77.8 Å². The highest BCUT2D eigenvalue weighted by molar-refractivity contribution is 7.12. The molecule has 1 N–H and O–H groups in total. The highest BCUT2D eigenvalue weighted by Crippen LogP contribution is 2.48. The van der Waals surface area contributed by atoms with Crippen LogP contribution in [0.3, 0.4) is 0 Å². The average Bonchev–Trinajstić information content (AvgIpc) is 2.74. The average molecular weight is 181 g/mol. The van der Waals surface area contributed by atoms with E-state index in [0.29, 0.717) is 5.54 Å². The van der Waals surface area contributed by atoms with Crippen molar-refractivity contribution >= 4 is 11.3 Å². The quantitative estimate of drug-likeness (QED) is 0.739. The maximum absolute atomic E-state index is 3.43. The Morgan fingerprint density at radius 2 is 2.08 bits per heavy atom. The van der Waals surface area contributed by atoms with Crippen molar-refractivity contribution in [3.05, 3.63) is 21.4 Å². The molecule has 0 spiro atoms. The van der Waals surface area contributed by atoms with Crippen molar-refractivity contribution in [2.75, 3.05) is 7.05 Å². The van der Waals surface area contributed by atoms with Crippen molar-refractivity contribution < 1.29 is 0 Å². The zero-order valence-electron chi connectivity index (χ0n) is 7.90. The molecule has 0 unspecified atom stereocenters. The maximum Gasteiger partial charge on any atom is 0.0444 e. The molecule has 1 nitrogen and oxygen atoms in total. The Morgan fingerprint density at radius 3 is 2.42 bits per heavy atom.